The van der Waals surface area contributed by atoms with Crippen molar-refractivity contribution in [2.45, 2.75) is 26.3 Å². The topological polar surface area (TPSA) is 65.2 Å². The molecule has 0 spiro atoms. The Labute approximate surface area is 93.5 Å². The lowest BCUT2D eigenvalue weighted by Crippen LogP contribution is -2.16. The normalized spacial score (nSPS) is 12.9. The second-order valence-electron chi connectivity index (χ2n) is 3.70. The molecular formula is C10H16N2O2S. The summed E-state index contributed by atoms with van der Waals surface area (Å²) in [5.41, 5.74) is 6.68. The van der Waals surface area contributed by atoms with Crippen molar-refractivity contribution in [3.63, 3.8) is 0 Å². The molecule has 1 atom stereocenters. The Kier molecular flexibility index (Phi) is 4.23. The molecule has 1 rings (SSSR count). The Morgan fingerprint density at radius 2 is 2.33 bits per heavy atom. The summed E-state index contributed by atoms with van der Waals surface area (Å²) in [5.74, 6) is 0.0760. The zero-order chi connectivity index (χ0) is 11.4. The number of nitrogens with two attached hydrogens (primary N) is 1. The molecule has 0 aromatic carbocycles. The van der Waals surface area contributed by atoms with Crippen LogP contribution in [0.1, 0.15) is 30.6 Å². The molecule has 0 saturated carbocycles. The molecule has 0 aliphatic carbocycles. The summed E-state index contributed by atoms with van der Waals surface area (Å²) in [7, 11) is 1.37. The van der Waals surface area contributed by atoms with Gasteiger partial charge in [-0.3, -0.25) is 4.79 Å². The zero-order valence-electron chi connectivity index (χ0n) is 9.19. The van der Waals surface area contributed by atoms with Gasteiger partial charge in [0.25, 0.3) is 0 Å². The van der Waals surface area contributed by atoms with Crippen molar-refractivity contribution >= 4 is 17.3 Å². The third kappa shape index (κ3) is 3.28. The monoisotopic (exact) mass is 228 g/mol. The van der Waals surface area contributed by atoms with Gasteiger partial charge in [-0.2, -0.15) is 0 Å². The number of ether oxygens (including phenoxy) is 1. The molecule has 1 unspecified atom stereocenters. The van der Waals surface area contributed by atoms with Crippen LogP contribution in [0.3, 0.4) is 0 Å². The summed E-state index contributed by atoms with van der Waals surface area (Å²) < 4.78 is 4.57. The zero-order valence-corrected chi connectivity index (χ0v) is 10.0. The average molecular weight is 228 g/mol. The van der Waals surface area contributed by atoms with E-state index >= 15 is 0 Å². The number of thiazole rings is 1. The summed E-state index contributed by atoms with van der Waals surface area (Å²) >= 11 is 1.49. The molecule has 0 bridgehead atoms. The van der Waals surface area contributed by atoms with E-state index in [9.17, 15) is 4.79 Å². The van der Waals surface area contributed by atoms with E-state index in [2.05, 4.69) is 9.72 Å². The molecule has 0 aliphatic rings. The fourth-order valence-corrected chi connectivity index (χ4v) is 2.05. The van der Waals surface area contributed by atoms with Crippen LogP contribution >= 0.6 is 11.3 Å². The van der Waals surface area contributed by atoms with E-state index in [1.54, 1.807) is 0 Å². The average Bonchev–Trinajstić information content (AvgIpc) is 2.64. The van der Waals surface area contributed by atoms with Crippen LogP contribution < -0.4 is 5.73 Å². The lowest BCUT2D eigenvalue weighted by atomic mass is 10.1. The van der Waals surface area contributed by atoms with Crippen LogP contribution in [0.5, 0.6) is 0 Å². The first kappa shape index (κ1) is 12.1. The maximum Gasteiger partial charge on any atom is 0.311 e. The largest absolute Gasteiger partial charge is 0.469 e. The molecule has 0 amide bonds. The van der Waals surface area contributed by atoms with Crippen molar-refractivity contribution in [1.29, 1.82) is 0 Å². The molecule has 0 radical (unpaired) electrons. The second kappa shape index (κ2) is 5.23. The molecule has 1 heterocycles. The molecule has 0 fully saturated rings. The summed E-state index contributed by atoms with van der Waals surface area (Å²) in [4.78, 5) is 15.3. The standard InChI is InChI=1S/C10H16N2O2S/c1-6(2)9(11)10-12-7(5-15-10)4-8(13)14-3/h5-6,9H,4,11H2,1-3H3. The first-order valence-corrected chi connectivity index (χ1v) is 5.69. The summed E-state index contributed by atoms with van der Waals surface area (Å²) in [6, 6.07) is -0.0543. The molecular weight excluding hydrogens is 212 g/mol. The summed E-state index contributed by atoms with van der Waals surface area (Å²) in [6.07, 6.45) is 0.220. The van der Waals surface area contributed by atoms with E-state index in [4.69, 9.17) is 5.73 Å². The minimum absolute atomic E-state index is 0.0543. The van der Waals surface area contributed by atoms with E-state index in [1.807, 2.05) is 19.2 Å². The molecule has 84 valence electrons. The van der Waals surface area contributed by atoms with Crippen molar-refractivity contribution in [3.05, 3.63) is 16.1 Å². The minimum atomic E-state index is -0.273. The van der Waals surface area contributed by atoms with E-state index < -0.39 is 0 Å². The van der Waals surface area contributed by atoms with E-state index in [-0.39, 0.29) is 18.4 Å². The highest BCUT2D eigenvalue weighted by molar-refractivity contribution is 7.09. The van der Waals surface area contributed by atoms with Crippen LogP contribution in [-0.2, 0) is 16.0 Å². The molecule has 2 N–H and O–H groups in total. The predicted molar refractivity (Wildman–Crippen MR) is 59.6 cm³/mol. The van der Waals surface area contributed by atoms with Gasteiger partial charge < -0.3 is 10.5 Å². The molecule has 5 heteroatoms. The molecule has 1 aromatic heterocycles. The second-order valence-corrected chi connectivity index (χ2v) is 4.59. The number of carbonyl (C=O) groups is 1. The Bertz CT molecular complexity index is 336. The van der Waals surface area contributed by atoms with Gasteiger partial charge in [-0.05, 0) is 5.92 Å². The van der Waals surface area contributed by atoms with E-state index in [1.165, 1.54) is 18.4 Å². The maximum absolute atomic E-state index is 11.0. The number of rotatable bonds is 4. The van der Waals surface area contributed by atoms with Gasteiger partial charge in [0.2, 0.25) is 0 Å². The molecule has 1 aromatic rings. The van der Waals surface area contributed by atoms with Crippen LogP contribution in [0.4, 0.5) is 0 Å². The smallest absolute Gasteiger partial charge is 0.311 e. The van der Waals surface area contributed by atoms with Gasteiger partial charge in [-0.25, -0.2) is 4.98 Å². The summed E-state index contributed by atoms with van der Waals surface area (Å²) in [5, 5.41) is 2.73. The van der Waals surface area contributed by atoms with E-state index in [0.717, 1.165) is 10.7 Å². The van der Waals surface area contributed by atoms with Crippen molar-refractivity contribution in [2.24, 2.45) is 11.7 Å². The van der Waals surface area contributed by atoms with Crippen molar-refractivity contribution in [1.82, 2.24) is 4.98 Å². The highest BCUT2D eigenvalue weighted by Gasteiger charge is 2.15. The van der Waals surface area contributed by atoms with E-state index in [0.29, 0.717) is 5.92 Å². The Morgan fingerprint density at radius 3 is 2.87 bits per heavy atom. The van der Waals surface area contributed by atoms with Gasteiger partial charge in [0.15, 0.2) is 0 Å². The van der Waals surface area contributed by atoms with Gasteiger partial charge in [0.05, 0.1) is 25.3 Å². The van der Waals surface area contributed by atoms with Crippen LogP contribution in [0.25, 0.3) is 0 Å². The first-order chi connectivity index (χ1) is 7.04. The molecule has 0 aliphatic heterocycles. The van der Waals surface area contributed by atoms with Crippen LogP contribution in [0.2, 0.25) is 0 Å². The highest BCUT2D eigenvalue weighted by Crippen LogP contribution is 2.22. The number of nitrogens with zero attached hydrogens (tertiary/aromatic N) is 1. The number of methoxy groups -OCH3 is 1. The fourth-order valence-electron chi connectivity index (χ4n) is 1.06. The van der Waals surface area contributed by atoms with Crippen molar-refractivity contribution < 1.29 is 9.53 Å². The highest BCUT2D eigenvalue weighted by atomic mass is 32.1. The number of carbonyl (C=O) groups excluding carboxylic acids is 1. The summed E-state index contributed by atoms with van der Waals surface area (Å²) in [6.45, 7) is 4.10. The molecule has 4 nitrogen and oxygen atoms in total. The predicted octanol–water partition coefficient (Wildman–Crippen LogP) is 1.51. The number of hydrogen-bond acceptors (Lipinski definition) is 5. The van der Waals surface area contributed by atoms with Crippen LogP contribution in [0, 0.1) is 5.92 Å². The maximum atomic E-state index is 11.0. The number of aromatic nitrogens is 1. The van der Waals surface area contributed by atoms with Crippen LogP contribution in [-0.4, -0.2) is 18.1 Å². The van der Waals surface area contributed by atoms with Crippen molar-refractivity contribution in [3.8, 4) is 0 Å². The van der Waals surface area contributed by atoms with Crippen molar-refractivity contribution in [2.75, 3.05) is 7.11 Å². The van der Waals surface area contributed by atoms with Gasteiger partial charge in [-0.1, -0.05) is 13.8 Å². The first-order valence-electron chi connectivity index (χ1n) is 4.81. The number of hydrogen-bond donors (Lipinski definition) is 1. The Balaban J connectivity index is 2.68. The fraction of sp³-hybridized carbons (Fsp3) is 0.600. The minimum Gasteiger partial charge on any atom is -0.469 e. The Hall–Kier alpha value is -0.940. The SMILES string of the molecule is COC(=O)Cc1csc(C(N)C(C)C)n1. The van der Waals surface area contributed by atoms with Gasteiger partial charge in [-0.15, -0.1) is 11.3 Å². The number of esters is 1. The van der Waals surface area contributed by atoms with Gasteiger partial charge in [0, 0.05) is 5.38 Å². The van der Waals surface area contributed by atoms with Gasteiger partial charge >= 0.3 is 5.97 Å². The lowest BCUT2D eigenvalue weighted by Gasteiger charge is -2.11. The third-order valence-electron chi connectivity index (χ3n) is 2.13. The molecule has 0 saturated heterocycles. The Morgan fingerprint density at radius 1 is 1.67 bits per heavy atom. The quantitative estimate of drug-likeness (QED) is 0.793. The van der Waals surface area contributed by atoms with Gasteiger partial charge in [0.1, 0.15) is 5.01 Å². The lowest BCUT2D eigenvalue weighted by molar-refractivity contribution is -0.139. The van der Waals surface area contributed by atoms with Crippen LogP contribution in [0.15, 0.2) is 5.38 Å². The molecule has 15 heavy (non-hydrogen) atoms. The third-order valence-corrected chi connectivity index (χ3v) is 3.12.